The van der Waals surface area contributed by atoms with E-state index in [0.717, 1.165) is 30.1 Å². The molecule has 3 aromatic rings. The molecule has 0 aliphatic carbocycles. The van der Waals surface area contributed by atoms with Crippen molar-refractivity contribution in [2.24, 2.45) is 5.92 Å². The van der Waals surface area contributed by atoms with E-state index in [4.69, 9.17) is 4.42 Å². The van der Waals surface area contributed by atoms with Crippen molar-refractivity contribution in [1.29, 1.82) is 0 Å². The molecule has 0 aliphatic rings. The molecular formula is C21H30N6O. The van der Waals surface area contributed by atoms with Gasteiger partial charge in [-0.15, -0.1) is 5.10 Å². The Morgan fingerprint density at radius 1 is 1.18 bits per heavy atom. The summed E-state index contributed by atoms with van der Waals surface area (Å²) in [6, 6.07) is 8.03. The first-order valence-corrected chi connectivity index (χ1v) is 9.86. The smallest absolute Gasteiger partial charge is 0.169 e. The first-order chi connectivity index (χ1) is 13.4. The van der Waals surface area contributed by atoms with Gasteiger partial charge in [-0.25, -0.2) is 4.68 Å². The molecule has 1 atom stereocenters. The number of pyridine rings is 1. The van der Waals surface area contributed by atoms with Crippen molar-refractivity contribution >= 4 is 0 Å². The molecule has 150 valence electrons. The van der Waals surface area contributed by atoms with E-state index in [9.17, 15) is 0 Å². The largest absolute Gasteiger partial charge is 0.468 e. The van der Waals surface area contributed by atoms with E-state index in [1.54, 1.807) is 12.5 Å². The summed E-state index contributed by atoms with van der Waals surface area (Å²) in [5, 5.41) is 12.8. The summed E-state index contributed by atoms with van der Waals surface area (Å²) in [5.74, 6) is 2.12. The van der Waals surface area contributed by atoms with Crippen LogP contribution in [0.2, 0.25) is 0 Å². The van der Waals surface area contributed by atoms with Crippen molar-refractivity contribution in [3.8, 4) is 0 Å². The van der Waals surface area contributed by atoms with Gasteiger partial charge in [0.25, 0.3) is 0 Å². The molecule has 0 N–H and O–H groups in total. The monoisotopic (exact) mass is 382 g/mol. The first-order valence-electron chi connectivity index (χ1n) is 9.86. The summed E-state index contributed by atoms with van der Waals surface area (Å²) in [6.07, 6.45) is 6.36. The van der Waals surface area contributed by atoms with Crippen LogP contribution in [0.25, 0.3) is 0 Å². The Labute approximate surface area is 166 Å². The Morgan fingerprint density at radius 3 is 2.61 bits per heavy atom. The minimum absolute atomic E-state index is 0.0335. The molecule has 0 saturated carbocycles. The molecule has 7 heteroatoms. The van der Waals surface area contributed by atoms with Gasteiger partial charge in [0.1, 0.15) is 5.76 Å². The van der Waals surface area contributed by atoms with Gasteiger partial charge in [-0.2, -0.15) is 0 Å². The van der Waals surface area contributed by atoms with Crippen LogP contribution in [-0.2, 0) is 18.6 Å². The number of nitrogens with zero attached hydrogens (tertiary/aromatic N) is 6. The van der Waals surface area contributed by atoms with Crippen molar-refractivity contribution in [2.45, 2.75) is 65.7 Å². The highest BCUT2D eigenvalue weighted by Crippen LogP contribution is 2.33. The van der Waals surface area contributed by atoms with Gasteiger partial charge in [-0.1, -0.05) is 26.8 Å². The fraction of sp³-hybridized carbons (Fsp3) is 0.524. The van der Waals surface area contributed by atoms with Crippen LogP contribution < -0.4 is 0 Å². The average molecular weight is 383 g/mol. The predicted octanol–water partition coefficient (Wildman–Crippen LogP) is 4.21. The van der Waals surface area contributed by atoms with Gasteiger partial charge in [-0.3, -0.25) is 9.88 Å². The Kier molecular flexibility index (Phi) is 6.24. The third-order valence-corrected chi connectivity index (χ3v) is 5.27. The van der Waals surface area contributed by atoms with Crippen LogP contribution in [0.5, 0.6) is 0 Å². The van der Waals surface area contributed by atoms with Crippen LogP contribution in [0.3, 0.4) is 0 Å². The van der Waals surface area contributed by atoms with E-state index in [0.29, 0.717) is 12.5 Å². The molecule has 0 bridgehead atoms. The van der Waals surface area contributed by atoms with E-state index in [2.05, 4.69) is 66.1 Å². The molecule has 0 aliphatic heterocycles. The molecule has 0 aromatic carbocycles. The van der Waals surface area contributed by atoms with Crippen molar-refractivity contribution in [1.82, 2.24) is 30.1 Å². The molecule has 0 amide bonds. The van der Waals surface area contributed by atoms with Crippen LogP contribution in [0.4, 0.5) is 0 Å². The maximum absolute atomic E-state index is 5.65. The molecule has 1 unspecified atom stereocenters. The Morgan fingerprint density at radius 2 is 2.00 bits per heavy atom. The van der Waals surface area contributed by atoms with Crippen LogP contribution >= 0.6 is 0 Å². The normalized spacial score (nSPS) is 13.4. The van der Waals surface area contributed by atoms with Gasteiger partial charge >= 0.3 is 0 Å². The van der Waals surface area contributed by atoms with Crippen LogP contribution in [-0.4, -0.2) is 30.1 Å². The first kappa shape index (κ1) is 20.2. The molecule has 3 rings (SSSR count). The van der Waals surface area contributed by atoms with E-state index >= 15 is 0 Å². The fourth-order valence-corrected chi connectivity index (χ4v) is 3.42. The predicted molar refractivity (Wildman–Crippen MR) is 107 cm³/mol. The lowest BCUT2D eigenvalue weighted by atomic mass is 9.97. The quantitative estimate of drug-likeness (QED) is 0.552. The summed E-state index contributed by atoms with van der Waals surface area (Å²) >= 11 is 0. The summed E-state index contributed by atoms with van der Waals surface area (Å²) in [6.45, 7) is 12.3. The van der Waals surface area contributed by atoms with Gasteiger partial charge in [-0.05, 0) is 60.4 Å². The second-order valence-electron chi connectivity index (χ2n) is 8.15. The molecule has 0 radical (unpaired) electrons. The minimum atomic E-state index is -0.156. The molecule has 3 aromatic heterocycles. The van der Waals surface area contributed by atoms with Crippen LogP contribution in [0.1, 0.15) is 64.2 Å². The Hall–Kier alpha value is -2.54. The summed E-state index contributed by atoms with van der Waals surface area (Å²) in [4.78, 5) is 6.65. The van der Waals surface area contributed by atoms with Crippen molar-refractivity contribution < 1.29 is 4.42 Å². The van der Waals surface area contributed by atoms with Gasteiger partial charge in [0.15, 0.2) is 5.82 Å². The van der Waals surface area contributed by atoms with Gasteiger partial charge in [0, 0.05) is 18.9 Å². The van der Waals surface area contributed by atoms with Crippen molar-refractivity contribution in [3.05, 3.63) is 60.1 Å². The molecular weight excluding hydrogens is 352 g/mol. The second-order valence-corrected chi connectivity index (χ2v) is 8.15. The standard InChI is InChI=1S/C21H30N6O/c1-6-21(4,5)27-20(23-24-25-27)19(16(2)3)26(15-18-10-8-12-28-18)14-17-9-7-11-22-13-17/h7-13,16,19H,6,14-15H2,1-5H3. The number of rotatable bonds is 9. The fourth-order valence-electron chi connectivity index (χ4n) is 3.42. The maximum atomic E-state index is 5.65. The lowest BCUT2D eigenvalue weighted by molar-refractivity contribution is 0.109. The molecule has 0 fully saturated rings. The number of aromatic nitrogens is 5. The molecule has 0 spiro atoms. The lowest BCUT2D eigenvalue weighted by Gasteiger charge is -2.35. The van der Waals surface area contributed by atoms with Crippen LogP contribution in [0, 0.1) is 5.92 Å². The number of tetrazole rings is 1. The average Bonchev–Trinajstić information content (AvgIpc) is 3.35. The maximum Gasteiger partial charge on any atom is 0.169 e. The Balaban J connectivity index is 2.00. The zero-order chi connectivity index (χ0) is 20.1. The lowest BCUT2D eigenvalue weighted by Crippen LogP contribution is -2.37. The summed E-state index contributed by atoms with van der Waals surface area (Å²) < 4.78 is 7.63. The van der Waals surface area contributed by atoms with Crippen molar-refractivity contribution in [2.75, 3.05) is 0 Å². The van der Waals surface area contributed by atoms with Gasteiger partial charge in [0.05, 0.1) is 24.4 Å². The van der Waals surface area contributed by atoms with E-state index in [1.807, 2.05) is 29.1 Å². The second kappa shape index (κ2) is 8.65. The highest BCUT2D eigenvalue weighted by molar-refractivity contribution is 5.11. The van der Waals surface area contributed by atoms with E-state index in [-0.39, 0.29) is 11.6 Å². The molecule has 3 heterocycles. The zero-order valence-electron chi connectivity index (χ0n) is 17.4. The molecule has 28 heavy (non-hydrogen) atoms. The Bertz CT molecular complexity index is 841. The van der Waals surface area contributed by atoms with E-state index in [1.165, 1.54) is 0 Å². The zero-order valence-corrected chi connectivity index (χ0v) is 17.4. The third-order valence-electron chi connectivity index (χ3n) is 5.27. The topological polar surface area (TPSA) is 72.9 Å². The third kappa shape index (κ3) is 4.47. The SMILES string of the molecule is CCC(C)(C)n1nnnc1C(C(C)C)N(Cc1cccnc1)Cc1ccco1. The van der Waals surface area contributed by atoms with Crippen LogP contribution in [0.15, 0.2) is 47.3 Å². The van der Waals surface area contributed by atoms with Gasteiger partial charge < -0.3 is 4.42 Å². The highest BCUT2D eigenvalue weighted by Gasteiger charge is 2.33. The van der Waals surface area contributed by atoms with Crippen molar-refractivity contribution in [3.63, 3.8) is 0 Å². The minimum Gasteiger partial charge on any atom is -0.468 e. The number of hydrogen-bond acceptors (Lipinski definition) is 6. The number of furan rings is 1. The molecule has 7 nitrogen and oxygen atoms in total. The molecule has 0 saturated heterocycles. The number of hydrogen-bond donors (Lipinski definition) is 0. The highest BCUT2D eigenvalue weighted by atomic mass is 16.3. The summed E-state index contributed by atoms with van der Waals surface area (Å²) in [5.41, 5.74) is 0.991. The summed E-state index contributed by atoms with van der Waals surface area (Å²) in [7, 11) is 0. The van der Waals surface area contributed by atoms with E-state index < -0.39 is 0 Å². The van der Waals surface area contributed by atoms with Gasteiger partial charge in [0.2, 0.25) is 0 Å².